The Hall–Kier alpha value is -0.570. The topological polar surface area (TPSA) is 57.5 Å². The van der Waals surface area contributed by atoms with Crippen molar-refractivity contribution in [3.8, 4) is 0 Å². The highest BCUT2D eigenvalue weighted by atomic mass is 16.4. The van der Waals surface area contributed by atoms with E-state index in [-0.39, 0.29) is 0 Å². The smallest absolute Gasteiger partial charge is 0.309 e. The van der Waals surface area contributed by atoms with E-state index in [4.69, 9.17) is 5.11 Å². The maximum absolute atomic E-state index is 10.7. The Morgan fingerprint density at radius 3 is 2.21 bits per heavy atom. The van der Waals surface area contributed by atoms with Crippen LogP contribution in [0.3, 0.4) is 0 Å². The summed E-state index contributed by atoms with van der Waals surface area (Å²) in [5.74, 6) is -1.47. The molecule has 0 heterocycles. The molecule has 0 amide bonds. The number of aliphatic hydroxyl groups is 1. The molecule has 0 saturated carbocycles. The molecule has 2 atom stereocenters. The fourth-order valence-corrected chi connectivity index (χ4v) is 1.54. The van der Waals surface area contributed by atoms with Gasteiger partial charge in [-0.1, -0.05) is 39.0 Å². The van der Waals surface area contributed by atoms with Crippen LogP contribution in [0.4, 0.5) is 0 Å². The molecule has 0 fully saturated rings. The van der Waals surface area contributed by atoms with Crippen LogP contribution in [0.15, 0.2) is 0 Å². The Balaban J connectivity index is 3.57. The quantitative estimate of drug-likeness (QED) is 0.594. The van der Waals surface area contributed by atoms with Gasteiger partial charge in [0, 0.05) is 0 Å². The molecule has 2 N–H and O–H groups in total. The molecular formula is C11H22O3. The summed E-state index contributed by atoms with van der Waals surface area (Å²) in [7, 11) is 0. The number of carboxylic acid groups (broad SMARTS) is 1. The molecule has 84 valence electrons. The summed E-state index contributed by atoms with van der Waals surface area (Å²) < 4.78 is 0. The second kappa shape index (κ2) is 7.80. The third-order valence-corrected chi connectivity index (χ3v) is 2.52. The van der Waals surface area contributed by atoms with Crippen LogP contribution in [0.2, 0.25) is 0 Å². The molecule has 0 radical (unpaired) electrons. The zero-order valence-electron chi connectivity index (χ0n) is 9.20. The Morgan fingerprint density at radius 2 is 1.79 bits per heavy atom. The number of unbranched alkanes of at least 4 members (excludes halogenated alkanes) is 4. The van der Waals surface area contributed by atoms with Gasteiger partial charge in [0.25, 0.3) is 0 Å². The van der Waals surface area contributed by atoms with E-state index in [0.717, 1.165) is 12.8 Å². The lowest BCUT2D eigenvalue weighted by molar-refractivity contribution is -0.145. The maximum Gasteiger partial charge on any atom is 0.309 e. The van der Waals surface area contributed by atoms with Gasteiger partial charge in [-0.05, 0) is 13.3 Å². The molecule has 0 aromatic carbocycles. The predicted molar refractivity (Wildman–Crippen MR) is 56.2 cm³/mol. The van der Waals surface area contributed by atoms with Gasteiger partial charge >= 0.3 is 5.97 Å². The van der Waals surface area contributed by atoms with E-state index in [1.54, 1.807) is 6.92 Å². The third kappa shape index (κ3) is 5.97. The minimum atomic E-state index is -0.879. The van der Waals surface area contributed by atoms with Gasteiger partial charge in [-0.15, -0.1) is 0 Å². The summed E-state index contributed by atoms with van der Waals surface area (Å²) in [6.07, 6.45) is 5.41. The molecule has 3 nitrogen and oxygen atoms in total. The van der Waals surface area contributed by atoms with Gasteiger partial charge in [0.15, 0.2) is 0 Å². The van der Waals surface area contributed by atoms with Crippen LogP contribution in [-0.4, -0.2) is 22.3 Å². The molecule has 0 saturated heterocycles. The Morgan fingerprint density at radius 1 is 1.21 bits per heavy atom. The molecule has 0 aliphatic rings. The van der Waals surface area contributed by atoms with Crippen molar-refractivity contribution < 1.29 is 15.0 Å². The number of aliphatic hydroxyl groups excluding tert-OH is 1. The van der Waals surface area contributed by atoms with Gasteiger partial charge in [-0.3, -0.25) is 4.79 Å². The van der Waals surface area contributed by atoms with Gasteiger partial charge in [0.2, 0.25) is 0 Å². The number of hydrogen-bond donors (Lipinski definition) is 2. The zero-order chi connectivity index (χ0) is 11.0. The van der Waals surface area contributed by atoms with E-state index in [0.29, 0.717) is 6.42 Å². The fraction of sp³-hybridized carbons (Fsp3) is 0.909. The first-order chi connectivity index (χ1) is 6.59. The molecule has 0 aliphatic heterocycles. The number of rotatable bonds is 8. The summed E-state index contributed by atoms with van der Waals surface area (Å²) in [6.45, 7) is 3.70. The van der Waals surface area contributed by atoms with Gasteiger partial charge in [-0.25, -0.2) is 0 Å². The van der Waals surface area contributed by atoms with Crippen LogP contribution in [-0.2, 0) is 4.79 Å². The maximum atomic E-state index is 10.7. The average Bonchev–Trinajstić information content (AvgIpc) is 2.09. The minimum absolute atomic E-state index is 0.586. The Kier molecular flexibility index (Phi) is 7.48. The zero-order valence-corrected chi connectivity index (χ0v) is 9.20. The molecular weight excluding hydrogens is 180 g/mol. The molecule has 0 rings (SSSR count). The first-order valence-electron chi connectivity index (χ1n) is 5.50. The van der Waals surface area contributed by atoms with Crippen molar-refractivity contribution in [3.63, 3.8) is 0 Å². The van der Waals surface area contributed by atoms with E-state index >= 15 is 0 Å². The standard InChI is InChI=1S/C11H22O3/c1-3-4-5-6-7-8-10(9(2)12)11(13)14/h9-10,12H,3-8H2,1-2H3,(H,13,14). The summed E-state index contributed by atoms with van der Waals surface area (Å²) in [5.41, 5.74) is 0. The highest BCUT2D eigenvalue weighted by molar-refractivity contribution is 5.70. The lowest BCUT2D eigenvalue weighted by Crippen LogP contribution is -2.25. The third-order valence-electron chi connectivity index (χ3n) is 2.52. The van der Waals surface area contributed by atoms with Crippen molar-refractivity contribution in [2.45, 2.75) is 58.5 Å². The summed E-state index contributed by atoms with van der Waals surface area (Å²) in [5, 5.41) is 18.0. The van der Waals surface area contributed by atoms with Crippen molar-refractivity contribution >= 4 is 5.97 Å². The fourth-order valence-electron chi connectivity index (χ4n) is 1.54. The number of aliphatic carboxylic acids is 1. The van der Waals surface area contributed by atoms with E-state index in [9.17, 15) is 9.90 Å². The second-order valence-electron chi connectivity index (χ2n) is 3.89. The van der Waals surface area contributed by atoms with Gasteiger partial charge in [0.1, 0.15) is 0 Å². The molecule has 0 aromatic heterocycles. The molecule has 3 heteroatoms. The van der Waals surface area contributed by atoms with Crippen LogP contribution in [0.25, 0.3) is 0 Å². The molecule has 14 heavy (non-hydrogen) atoms. The molecule has 2 unspecified atom stereocenters. The van der Waals surface area contributed by atoms with Gasteiger partial charge in [-0.2, -0.15) is 0 Å². The summed E-state index contributed by atoms with van der Waals surface area (Å²) >= 11 is 0. The second-order valence-corrected chi connectivity index (χ2v) is 3.89. The van der Waals surface area contributed by atoms with Crippen molar-refractivity contribution in [1.82, 2.24) is 0 Å². The minimum Gasteiger partial charge on any atom is -0.481 e. The largest absolute Gasteiger partial charge is 0.481 e. The van der Waals surface area contributed by atoms with Crippen molar-refractivity contribution in [1.29, 1.82) is 0 Å². The van der Waals surface area contributed by atoms with E-state index < -0.39 is 18.0 Å². The van der Waals surface area contributed by atoms with Gasteiger partial charge in [0.05, 0.1) is 12.0 Å². The van der Waals surface area contributed by atoms with E-state index in [1.165, 1.54) is 19.3 Å². The predicted octanol–water partition coefficient (Wildman–Crippen LogP) is 2.43. The van der Waals surface area contributed by atoms with Crippen molar-refractivity contribution in [3.05, 3.63) is 0 Å². The first kappa shape index (κ1) is 13.4. The van der Waals surface area contributed by atoms with Crippen LogP contribution in [0, 0.1) is 5.92 Å². The number of carboxylic acids is 1. The van der Waals surface area contributed by atoms with Crippen molar-refractivity contribution in [2.24, 2.45) is 5.92 Å². The SMILES string of the molecule is CCCCCCCC(C(=O)O)C(C)O. The summed E-state index contributed by atoms with van der Waals surface area (Å²) in [6, 6.07) is 0. The normalized spacial score (nSPS) is 15.1. The monoisotopic (exact) mass is 202 g/mol. The molecule has 0 bridgehead atoms. The lowest BCUT2D eigenvalue weighted by atomic mass is 9.96. The van der Waals surface area contributed by atoms with E-state index in [1.807, 2.05) is 0 Å². The van der Waals surface area contributed by atoms with Crippen LogP contribution in [0.1, 0.15) is 52.4 Å². The Labute approximate surface area is 86.1 Å². The average molecular weight is 202 g/mol. The highest BCUT2D eigenvalue weighted by Crippen LogP contribution is 2.15. The highest BCUT2D eigenvalue weighted by Gasteiger charge is 2.21. The molecule has 0 aromatic rings. The lowest BCUT2D eigenvalue weighted by Gasteiger charge is -2.14. The van der Waals surface area contributed by atoms with Crippen LogP contribution in [0.5, 0.6) is 0 Å². The number of carbonyl (C=O) groups is 1. The van der Waals surface area contributed by atoms with Gasteiger partial charge < -0.3 is 10.2 Å². The Bertz CT molecular complexity index is 155. The molecule has 0 aliphatic carbocycles. The summed E-state index contributed by atoms with van der Waals surface area (Å²) in [4.78, 5) is 10.7. The van der Waals surface area contributed by atoms with Crippen molar-refractivity contribution in [2.75, 3.05) is 0 Å². The molecule has 0 spiro atoms. The van der Waals surface area contributed by atoms with Crippen LogP contribution >= 0.6 is 0 Å². The number of hydrogen-bond acceptors (Lipinski definition) is 2. The van der Waals surface area contributed by atoms with Crippen LogP contribution < -0.4 is 0 Å². The first-order valence-corrected chi connectivity index (χ1v) is 5.50. The van der Waals surface area contributed by atoms with E-state index in [2.05, 4.69) is 6.92 Å².